The van der Waals surface area contributed by atoms with E-state index in [2.05, 4.69) is 34.3 Å². The summed E-state index contributed by atoms with van der Waals surface area (Å²) in [6, 6.07) is 4.41. The zero-order valence-corrected chi connectivity index (χ0v) is 11.4. The lowest BCUT2D eigenvalue weighted by Gasteiger charge is -2.37. The Bertz CT molecular complexity index is 578. The van der Waals surface area contributed by atoms with Gasteiger partial charge in [-0.05, 0) is 31.0 Å². The highest BCUT2D eigenvalue weighted by Crippen LogP contribution is 2.25. The molecular weight excluding hydrogens is 240 g/mol. The number of piperidine rings is 1. The van der Waals surface area contributed by atoms with Crippen LogP contribution in [0.5, 0.6) is 0 Å². The van der Waals surface area contributed by atoms with Crippen molar-refractivity contribution in [2.75, 3.05) is 30.8 Å². The molecule has 2 atom stereocenters. The average Bonchev–Trinajstić information content (AvgIpc) is 2.85. The molecule has 0 bridgehead atoms. The normalized spacial score (nSPS) is 23.7. The van der Waals surface area contributed by atoms with Crippen LogP contribution in [0.2, 0.25) is 0 Å². The van der Waals surface area contributed by atoms with E-state index in [1.54, 1.807) is 4.52 Å². The van der Waals surface area contributed by atoms with Gasteiger partial charge in [-0.1, -0.05) is 6.92 Å². The number of aromatic nitrogens is 3. The van der Waals surface area contributed by atoms with Crippen molar-refractivity contribution >= 4 is 17.3 Å². The summed E-state index contributed by atoms with van der Waals surface area (Å²) in [6.07, 6.45) is 3.08. The predicted octanol–water partition coefficient (Wildman–Crippen LogP) is 0.746. The molecule has 1 aliphatic rings. The summed E-state index contributed by atoms with van der Waals surface area (Å²) >= 11 is 0. The molecule has 3 N–H and O–H groups in total. The fourth-order valence-electron chi connectivity index (χ4n) is 2.84. The van der Waals surface area contributed by atoms with Crippen molar-refractivity contribution < 1.29 is 0 Å². The van der Waals surface area contributed by atoms with Crippen LogP contribution in [-0.4, -0.2) is 40.8 Å². The van der Waals surface area contributed by atoms with Gasteiger partial charge in [0.15, 0.2) is 5.82 Å². The van der Waals surface area contributed by atoms with Crippen LogP contribution in [0.3, 0.4) is 0 Å². The van der Waals surface area contributed by atoms with Gasteiger partial charge >= 0.3 is 0 Å². The van der Waals surface area contributed by atoms with Crippen LogP contribution < -0.4 is 16.0 Å². The van der Waals surface area contributed by atoms with Crippen LogP contribution >= 0.6 is 0 Å². The summed E-state index contributed by atoms with van der Waals surface area (Å²) in [6.45, 7) is 4.37. The Morgan fingerprint density at radius 3 is 3.16 bits per heavy atom. The monoisotopic (exact) mass is 260 g/mol. The molecule has 2 unspecified atom stereocenters. The molecule has 1 saturated heterocycles. The molecule has 1 aliphatic heterocycles. The van der Waals surface area contributed by atoms with E-state index >= 15 is 0 Å². The lowest BCUT2D eigenvalue weighted by atomic mass is 9.94. The molecule has 19 heavy (non-hydrogen) atoms. The quantitative estimate of drug-likeness (QED) is 0.833. The van der Waals surface area contributed by atoms with Gasteiger partial charge in [0.2, 0.25) is 5.95 Å². The topological polar surface area (TPSA) is 71.5 Å². The predicted molar refractivity (Wildman–Crippen MR) is 76.2 cm³/mol. The number of anilines is 2. The van der Waals surface area contributed by atoms with Crippen molar-refractivity contribution in [1.82, 2.24) is 19.9 Å². The molecule has 0 saturated carbocycles. The summed E-state index contributed by atoms with van der Waals surface area (Å²) in [5, 5.41) is 7.63. The fraction of sp³-hybridized carbons (Fsp3) is 0.538. The highest BCUT2D eigenvalue weighted by molar-refractivity contribution is 5.69. The Balaban J connectivity index is 2.00. The third-order valence-corrected chi connectivity index (χ3v) is 4.01. The van der Waals surface area contributed by atoms with Crippen molar-refractivity contribution in [3.8, 4) is 0 Å². The lowest BCUT2D eigenvalue weighted by molar-refractivity contribution is 0.337. The average molecular weight is 260 g/mol. The molecule has 0 aliphatic carbocycles. The zero-order valence-electron chi connectivity index (χ0n) is 11.4. The SMILES string of the molecule is CC1CCNCC1N(C)c1nc(N)nn2cccc12. The Morgan fingerprint density at radius 2 is 2.37 bits per heavy atom. The number of likely N-dealkylation sites (N-methyl/N-ethyl adjacent to an activating group) is 1. The van der Waals surface area contributed by atoms with Crippen LogP contribution in [0, 0.1) is 5.92 Å². The number of fused-ring (bicyclic) bond motifs is 1. The molecule has 2 aromatic rings. The van der Waals surface area contributed by atoms with E-state index in [1.165, 1.54) is 6.42 Å². The highest BCUT2D eigenvalue weighted by Gasteiger charge is 2.27. The molecule has 102 valence electrons. The molecule has 0 amide bonds. The maximum Gasteiger partial charge on any atom is 0.240 e. The van der Waals surface area contributed by atoms with E-state index in [0.717, 1.165) is 24.4 Å². The van der Waals surface area contributed by atoms with Crippen LogP contribution in [0.4, 0.5) is 11.8 Å². The summed E-state index contributed by atoms with van der Waals surface area (Å²) in [5.74, 6) is 1.84. The van der Waals surface area contributed by atoms with E-state index in [1.807, 2.05) is 18.3 Å². The van der Waals surface area contributed by atoms with Crippen molar-refractivity contribution in [3.05, 3.63) is 18.3 Å². The number of nitrogens with zero attached hydrogens (tertiary/aromatic N) is 4. The number of nitrogens with two attached hydrogens (primary N) is 1. The molecule has 3 rings (SSSR count). The largest absolute Gasteiger partial charge is 0.366 e. The first-order valence-electron chi connectivity index (χ1n) is 6.71. The van der Waals surface area contributed by atoms with Crippen molar-refractivity contribution in [3.63, 3.8) is 0 Å². The summed E-state index contributed by atoms with van der Waals surface area (Å²) in [4.78, 5) is 6.65. The van der Waals surface area contributed by atoms with Crippen LogP contribution in [0.15, 0.2) is 18.3 Å². The second-order valence-electron chi connectivity index (χ2n) is 5.28. The molecule has 6 nitrogen and oxygen atoms in total. The molecular formula is C13H20N6. The molecule has 0 spiro atoms. The number of rotatable bonds is 2. The van der Waals surface area contributed by atoms with Crippen LogP contribution in [0.1, 0.15) is 13.3 Å². The van der Waals surface area contributed by atoms with Crippen molar-refractivity contribution in [1.29, 1.82) is 0 Å². The van der Waals surface area contributed by atoms with Crippen LogP contribution in [0.25, 0.3) is 5.52 Å². The number of nitrogens with one attached hydrogen (secondary N) is 1. The van der Waals surface area contributed by atoms with Crippen LogP contribution in [-0.2, 0) is 0 Å². The van der Waals surface area contributed by atoms with Gasteiger partial charge in [-0.3, -0.25) is 0 Å². The Labute approximate surface area is 112 Å². The van der Waals surface area contributed by atoms with Gasteiger partial charge in [0.05, 0.1) is 0 Å². The van der Waals surface area contributed by atoms with Gasteiger partial charge in [0.1, 0.15) is 5.52 Å². The highest BCUT2D eigenvalue weighted by atomic mass is 15.3. The maximum atomic E-state index is 5.80. The first-order chi connectivity index (χ1) is 9.16. The molecule has 2 aromatic heterocycles. The first-order valence-corrected chi connectivity index (χ1v) is 6.71. The Kier molecular flexibility index (Phi) is 3.02. The second-order valence-corrected chi connectivity index (χ2v) is 5.28. The van der Waals surface area contributed by atoms with Crippen molar-refractivity contribution in [2.24, 2.45) is 5.92 Å². The Morgan fingerprint density at radius 1 is 1.53 bits per heavy atom. The third-order valence-electron chi connectivity index (χ3n) is 4.01. The standard InChI is InChI=1S/C13H20N6/c1-9-5-6-15-8-11(9)18(2)12-10-4-3-7-19(10)17-13(14)16-12/h3-4,7,9,11,15H,5-6,8H2,1-2H3,(H2,14,17). The number of nitrogen functional groups attached to an aromatic ring is 1. The fourth-order valence-corrected chi connectivity index (χ4v) is 2.84. The van der Waals surface area contributed by atoms with E-state index in [0.29, 0.717) is 17.9 Å². The van der Waals surface area contributed by atoms with Gasteiger partial charge < -0.3 is 16.0 Å². The number of hydrogen-bond acceptors (Lipinski definition) is 5. The van der Waals surface area contributed by atoms with E-state index in [4.69, 9.17) is 5.73 Å². The van der Waals surface area contributed by atoms with Gasteiger partial charge in [-0.25, -0.2) is 4.52 Å². The second kappa shape index (κ2) is 4.70. The first kappa shape index (κ1) is 12.2. The molecule has 0 radical (unpaired) electrons. The lowest BCUT2D eigenvalue weighted by Crippen LogP contribution is -2.49. The van der Waals surface area contributed by atoms with E-state index < -0.39 is 0 Å². The molecule has 1 fully saturated rings. The minimum Gasteiger partial charge on any atom is -0.366 e. The van der Waals surface area contributed by atoms with Gasteiger partial charge in [0.25, 0.3) is 0 Å². The van der Waals surface area contributed by atoms with E-state index in [-0.39, 0.29) is 0 Å². The number of hydrogen-bond donors (Lipinski definition) is 2. The molecule has 6 heteroatoms. The van der Waals surface area contributed by atoms with Gasteiger partial charge in [0, 0.05) is 25.8 Å². The molecule has 0 aromatic carbocycles. The summed E-state index contributed by atoms with van der Waals surface area (Å²) < 4.78 is 1.79. The van der Waals surface area contributed by atoms with Crippen molar-refractivity contribution in [2.45, 2.75) is 19.4 Å². The minimum atomic E-state index is 0.307. The minimum absolute atomic E-state index is 0.307. The smallest absolute Gasteiger partial charge is 0.240 e. The van der Waals surface area contributed by atoms with E-state index in [9.17, 15) is 0 Å². The zero-order chi connectivity index (χ0) is 13.4. The van der Waals surface area contributed by atoms with Gasteiger partial charge in [-0.2, -0.15) is 4.98 Å². The molecule has 3 heterocycles. The Hall–Kier alpha value is -1.82. The summed E-state index contributed by atoms with van der Waals surface area (Å²) in [7, 11) is 2.09. The maximum absolute atomic E-state index is 5.80. The summed E-state index contributed by atoms with van der Waals surface area (Å²) in [5.41, 5.74) is 6.80. The third kappa shape index (κ3) is 2.12. The van der Waals surface area contributed by atoms with Gasteiger partial charge in [-0.15, -0.1) is 5.10 Å².